The summed E-state index contributed by atoms with van der Waals surface area (Å²) in [7, 11) is 4.22. The van der Waals surface area contributed by atoms with E-state index in [2.05, 4.69) is 5.32 Å². The molecule has 0 unspecified atom stereocenters. The Morgan fingerprint density at radius 1 is 1.04 bits per heavy atom. The minimum absolute atomic E-state index is 0.153. The molecule has 0 saturated heterocycles. The monoisotopic (exact) mass is 341 g/mol. The number of carbonyl (C=O) groups excluding carboxylic acids is 1. The molecule has 0 aliphatic rings. The number of amides is 1. The number of hydrogen-bond donors (Lipinski definition) is 2. The van der Waals surface area contributed by atoms with E-state index in [1.165, 1.54) is 33.5 Å². The smallest absolute Gasteiger partial charge is 0.408 e. The lowest BCUT2D eigenvalue weighted by atomic mass is 10.0. The van der Waals surface area contributed by atoms with Gasteiger partial charge in [0.25, 0.3) is 0 Å². The van der Waals surface area contributed by atoms with E-state index in [1.807, 2.05) is 0 Å². The van der Waals surface area contributed by atoms with Crippen LogP contribution in [0.2, 0.25) is 0 Å². The summed E-state index contributed by atoms with van der Waals surface area (Å²) in [5, 5.41) is 11.8. The first kappa shape index (κ1) is 19.4. The van der Waals surface area contributed by atoms with Gasteiger partial charge in [0, 0.05) is 5.56 Å². The number of hydrogen-bond acceptors (Lipinski definition) is 6. The van der Waals surface area contributed by atoms with Gasteiger partial charge in [-0.3, -0.25) is 0 Å². The van der Waals surface area contributed by atoms with Gasteiger partial charge in [-0.1, -0.05) is 0 Å². The number of nitrogens with one attached hydrogen (secondary N) is 1. The number of carboxylic acid groups (broad SMARTS) is 1. The van der Waals surface area contributed by atoms with E-state index in [9.17, 15) is 14.7 Å². The normalized spacial score (nSPS) is 12.1. The first-order chi connectivity index (χ1) is 11.1. The molecule has 1 rings (SSSR count). The maximum Gasteiger partial charge on any atom is 0.408 e. The van der Waals surface area contributed by atoms with E-state index in [1.54, 1.807) is 20.8 Å². The van der Waals surface area contributed by atoms with Crippen LogP contribution in [-0.4, -0.2) is 44.1 Å². The van der Waals surface area contributed by atoms with Crippen molar-refractivity contribution in [1.82, 2.24) is 5.32 Å². The first-order valence-corrected chi connectivity index (χ1v) is 7.15. The van der Waals surface area contributed by atoms with Crippen molar-refractivity contribution in [3.8, 4) is 17.2 Å². The molecule has 8 heteroatoms. The lowest BCUT2D eigenvalue weighted by Crippen LogP contribution is -2.38. The predicted octanol–water partition coefficient (Wildman–Crippen LogP) is 2.36. The maximum absolute atomic E-state index is 11.9. The van der Waals surface area contributed by atoms with E-state index in [0.717, 1.165) is 0 Å². The number of carbonyl (C=O) groups is 2. The molecule has 0 aliphatic carbocycles. The summed E-state index contributed by atoms with van der Waals surface area (Å²) in [6.07, 6.45) is -0.855. The average molecular weight is 341 g/mol. The zero-order valence-corrected chi connectivity index (χ0v) is 14.6. The van der Waals surface area contributed by atoms with Gasteiger partial charge in [0.15, 0.2) is 17.5 Å². The third-order valence-corrected chi connectivity index (χ3v) is 2.95. The van der Waals surface area contributed by atoms with Crippen LogP contribution >= 0.6 is 0 Å². The molecule has 2 N–H and O–H groups in total. The van der Waals surface area contributed by atoms with Gasteiger partial charge >= 0.3 is 12.1 Å². The Morgan fingerprint density at radius 3 is 2.04 bits per heavy atom. The highest BCUT2D eigenvalue weighted by atomic mass is 16.6. The van der Waals surface area contributed by atoms with Gasteiger partial charge in [-0.25, -0.2) is 9.59 Å². The molecule has 0 saturated carbocycles. The molecule has 1 amide bonds. The molecule has 1 aromatic rings. The van der Waals surface area contributed by atoms with Crippen LogP contribution in [0.5, 0.6) is 17.2 Å². The topological polar surface area (TPSA) is 103 Å². The number of benzene rings is 1. The van der Waals surface area contributed by atoms with Crippen molar-refractivity contribution in [2.45, 2.75) is 32.4 Å². The Kier molecular flexibility index (Phi) is 6.27. The van der Waals surface area contributed by atoms with Crippen molar-refractivity contribution in [2.24, 2.45) is 0 Å². The number of aliphatic carboxylic acids is 1. The Balaban J connectivity index is 3.26. The summed E-state index contributed by atoms with van der Waals surface area (Å²) in [6.45, 7) is 5.04. The standard InChI is InChI=1S/C16H23NO7/c1-16(2,3)24-15(20)17-11(14(18)19)9-7-8-10(21-4)13(23-6)12(9)22-5/h7-8,11H,1-6H3,(H,17,20)(H,18,19)/t11-/m1/s1. The fraction of sp³-hybridized carbons (Fsp3) is 0.500. The second kappa shape index (κ2) is 7.76. The maximum atomic E-state index is 11.9. The molecule has 1 atom stereocenters. The van der Waals surface area contributed by atoms with Crippen molar-refractivity contribution in [3.63, 3.8) is 0 Å². The van der Waals surface area contributed by atoms with Crippen molar-refractivity contribution in [1.29, 1.82) is 0 Å². The molecule has 0 bridgehead atoms. The first-order valence-electron chi connectivity index (χ1n) is 7.15. The van der Waals surface area contributed by atoms with Gasteiger partial charge in [0.2, 0.25) is 5.75 Å². The molecule has 0 spiro atoms. The molecule has 24 heavy (non-hydrogen) atoms. The molecule has 0 fully saturated rings. The van der Waals surface area contributed by atoms with Gasteiger partial charge in [0.1, 0.15) is 5.60 Å². The summed E-state index contributed by atoms with van der Waals surface area (Å²) in [4.78, 5) is 23.6. The minimum atomic E-state index is -1.38. The Bertz CT molecular complexity index is 607. The second-order valence-electron chi connectivity index (χ2n) is 5.84. The molecule has 0 aromatic heterocycles. The van der Waals surface area contributed by atoms with Crippen LogP contribution in [-0.2, 0) is 9.53 Å². The Hall–Kier alpha value is -2.64. The number of methoxy groups -OCH3 is 3. The minimum Gasteiger partial charge on any atom is -0.493 e. The molecule has 0 heterocycles. The fourth-order valence-electron chi connectivity index (χ4n) is 2.05. The third kappa shape index (κ3) is 4.68. The largest absolute Gasteiger partial charge is 0.493 e. The SMILES string of the molecule is COc1ccc([C@@H](NC(=O)OC(C)(C)C)C(=O)O)c(OC)c1OC. The second-order valence-corrected chi connectivity index (χ2v) is 5.84. The van der Waals surface area contributed by atoms with Gasteiger partial charge < -0.3 is 29.4 Å². The highest BCUT2D eigenvalue weighted by Crippen LogP contribution is 2.42. The van der Waals surface area contributed by atoms with E-state index in [4.69, 9.17) is 18.9 Å². The molecule has 8 nitrogen and oxygen atoms in total. The molecule has 0 radical (unpaired) electrons. The highest BCUT2D eigenvalue weighted by molar-refractivity contribution is 5.83. The van der Waals surface area contributed by atoms with Crippen LogP contribution in [0.25, 0.3) is 0 Å². The number of alkyl carbamates (subject to hydrolysis) is 1. The number of carboxylic acids is 1. The summed E-state index contributed by atoms with van der Waals surface area (Å²) in [6, 6.07) is 1.63. The molecule has 1 aromatic carbocycles. The third-order valence-electron chi connectivity index (χ3n) is 2.95. The summed E-state index contributed by atoms with van der Waals surface area (Å²) < 4.78 is 20.8. The van der Waals surface area contributed by atoms with Crippen molar-refractivity contribution in [3.05, 3.63) is 17.7 Å². The number of rotatable bonds is 6. The average Bonchev–Trinajstić information content (AvgIpc) is 2.48. The molecule has 0 aliphatic heterocycles. The molecular weight excluding hydrogens is 318 g/mol. The Labute approximate surface area is 140 Å². The number of ether oxygens (including phenoxy) is 4. The quantitative estimate of drug-likeness (QED) is 0.818. The molecular formula is C16H23NO7. The van der Waals surface area contributed by atoms with Crippen LogP contribution in [0, 0.1) is 0 Å². The Morgan fingerprint density at radius 2 is 1.62 bits per heavy atom. The van der Waals surface area contributed by atoms with Crippen LogP contribution in [0.3, 0.4) is 0 Å². The van der Waals surface area contributed by atoms with E-state index in [-0.39, 0.29) is 17.1 Å². The van der Waals surface area contributed by atoms with Crippen LogP contribution in [0.15, 0.2) is 12.1 Å². The predicted molar refractivity (Wildman–Crippen MR) is 85.8 cm³/mol. The van der Waals surface area contributed by atoms with Crippen LogP contribution in [0.4, 0.5) is 4.79 Å². The van der Waals surface area contributed by atoms with E-state index < -0.39 is 23.7 Å². The van der Waals surface area contributed by atoms with Gasteiger partial charge in [-0.15, -0.1) is 0 Å². The van der Waals surface area contributed by atoms with Crippen LogP contribution in [0.1, 0.15) is 32.4 Å². The van der Waals surface area contributed by atoms with Crippen molar-refractivity contribution >= 4 is 12.1 Å². The van der Waals surface area contributed by atoms with E-state index in [0.29, 0.717) is 5.75 Å². The fourth-order valence-corrected chi connectivity index (χ4v) is 2.05. The lowest BCUT2D eigenvalue weighted by Gasteiger charge is -2.23. The van der Waals surface area contributed by atoms with Gasteiger partial charge in [-0.05, 0) is 32.9 Å². The van der Waals surface area contributed by atoms with Crippen molar-refractivity contribution < 1.29 is 33.6 Å². The van der Waals surface area contributed by atoms with Crippen molar-refractivity contribution in [2.75, 3.05) is 21.3 Å². The lowest BCUT2D eigenvalue weighted by molar-refractivity contribution is -0.139. The zero-order chi connectivity index (χ0) is 18.5. The van der Waals surface area contributed by atoms with Gasteiger partial charge in [-0.2, -0.15) is 0 Å². The van der Waals surface area contributed by atoms with E-state index >= 15 is 0 Å². The summed E-state index contributed by atoms with van der Waals surface area (Å²) >= 11 is 0. The highest BCUT2D eigenvalue weighted by Gasteiger charge is 2.30. The van der Waals surface area contributed by atoms with Crippen LogP contribution < -0.4 is 19.5 Å². The summed E-state index contributed by atoms with van der Waals surface area (Å²) in [5.41, 5.74) is -0.553. The van der Waals surface area contributed by atoms with Gasteiger partial charge in [0.05, 0.1) is 21.3 Å². The zero-order valence-electron chi connectivity index (χ0n) is 14.6. The summed E-state index contributed by atoms with van der Waals surface area (Å²) in [5.74, 6) is -0.513. The molecule has 134 valence electrons.